The quantitative estimate of drug-likeness (QED) is 0.283. The van der Waals surface area contributed by atoms with E-state index in [9.17, 15) is 4.79 Å². The predicted octanol–water partition coefficient (Wildman–Crippen LogP) is 0.764. The zero-order valence-corrected chi connectivity index (χ0v) is 9.10. The summed E-state index contributed by atoms with van der Waals surface area (Å²) in [7, 11) is 1.45. The molecule has 7 heteroatoms. The van der Waals surface area contributed by atoms with Gasteiger partial charge in [0.1, 0.15) is 5.54 Å². The van der Waals surface area contributed by atoms with E-state index in [1.807, 2.05) is 0 Å². The first-order valence-electron chi connectivity index (χ1n) is 4.51. The maximum atomic E-state index is 11.0. The Morgan fingerprint density at radius 2 is 2.40 bits per heavy atom. The van der Waals surface area contributed by atoms with Crippen molar-refractivity contribution in [3.05, 3.63) is 10.4 Å². The van der Waals surface area contributed by atoms with E-state index in [0.717, 1.165) is 0 Å². The average molecular weight is 216 g/mol. The molecule has 0 saturated heterocycles. The molecule has 0 spiro atoms. The van der Waals surface area contributed by atoms with Gasteiger partial charge in [-0.2, -0.15) is 0 Å². The molecule has 0 aromatic heterocycles. The molecular weight excluding hydrogens is 200 g/mol. The largest absolute Gasteiger partial charge is 0.480 e. The molecule has 0 aliphatic rings. The van der Waals surface area contributed by atoms with Crippen molar-refractivity contribution in [2.24, 2.45) is 5.11 Å². The second-order valence-corrected chi connectivity index (χ2v) is 3.27. The first-order chi connectivity index (χ1) is 6.99. The van der Waals surface area contributed by atoms with Crippen molar-refractivity contribution >= 4 is 5.97 Å². The molecule has 2 atom stereocenters. The molecule has 0 aromatic rings. The zero-order valence-electron chi connectivity index (χ0n) is 9.10. The Balaban J connectivity index is 4.38. The highest BCUT2D eigenvalue weighted by atomic mass is 16.5. The minimum absolute atomic E-state index is 0.204. The molecular formula is C8H16N4O3. The number of hydrogen-bond donors (Lipinski definition) is 2. The summed E-state index contributed by atoms with van der Waals surface area (Å²) in [6.07, 6.45) is -0.485. The van der Waals surface area contributed by atoms with Crippen LogP contribution in [-0.2, 0) is 9.53 Å². The lowest BCUT2D eigenvalue weighted by Crippen LogP contribution is -2.58. The third kappa shape index (κ3) is 3.75. The van der Waals surface area contributed by atoms with E-state index in [1.54, 1.807) is 6.92 Å². The number of aliphatic carboxylic acids is 1. The van der Waals surface area contributed by atoms with Gasteiger partial charge in [0.2, 0.25) is 0 Å². The molecule has 0 heterocycles. The van der Waals surface area contributed by atoms with Crippen molar-refractivity contribution in [2.75, 3.05) is 20.2 Å². The summed E-state index contributed by atoms with van der Waals surface area (Å²) in [5.41, 5.74) is 6.87. The number of carbonyl (C=O) groups is 1. The van der Waals surface area contributed by atoms with Gasteiger partial charge in [-0.15, -0.1) is 0 Å². The van der Waals surface area contributed by atoms with Gasteiger partial charge in [0.05, 0.1) is 6.10 Å². The standard InChI is InChI=1S/C8H16N4O3/c1-6(15-3)8(2,7(13)14)10-4-5-11-12-9/h6,10H,4-5H2,1-3H3,(H,13,14). The van der Waals surface area contributed by atoms with Crippen LogP contribution in [0.25, 0.3) is 10.4 Å². The van der Waals surface area contributed by atoms with Crippen LogP contribution in [0.5, 0.6) is 0 Å². The summed E-state index contributed by atoms with van der Waals surface area (Å²) in [6.45, 7) is 3.69. The van der Waals surface area contributed by atoms with Crippen LogP contribution >= 0.6 is 0 Å². The van der Waals surface area contributed by atoms with E-state index < -0.39 is 17.6 Å². The van der Waals surface area contributed by atoms with Crippen molar-refractivity contribution in [1.29, 1.82) is 0 Å². The van der Waals surface area contributed by atoms with Gasteiger partial charge < -0.3 is 9.84 Å². The van der Waals surface area contributed by atoms with Crippen molar-refractivity contribution in [3.8, 4) is 0 Å². The second kappa shape index (κ2) is 6.23. The molecule has 2 unspecified atom stereocenters. The Kier molecular flexibility index (Phi) is 5.69. The minimum atomic E-state index is -1.18. The summed E-state index contributed by atoms with van der Waals surface area (Å²) in [6, 6.07) is 0. The lowest BCUT2D eigenvalue weighted by molar-refractivity contribution is -0.149. The third-order valence-electron chi connectivity index (χ3n) is 2.38. The van der Waals surface area contributed by atoms with Crippen molar-refractivity contribution in [2.45, 2.75) is 25.5 Å². The number of methoxy groups -OCH3 is 1. The Labute approximate surface area is 88.0 Å². The van der Waals surface area contributed by atoms with Gasteiger partial charge in [-0.3, -0.25) is 10.1 Å². The van der Waals surface area contributed by atoms with Crippen LogP contribution in [0.15, 0.2) is 5.11 Å². The van der Waals surface area contributed by atoms with Crippen molar-refractivity contribution in [3.63, 3.8) is 0 Å². The number of carboxylic acid groups (broad SMARTS) is 1. The van der Waals surface area contributed by atoms with Gasteiger partial charge in [-0.25, -0.2) is 0 Å². The molecule has 0 bridgehead atoms. The van der Waals surface area contributed by atoms with Gasteiger partial charge in [0, 0.05) is 25.1 Å². The van der Waals surface area contributed by atoms with E-state index in [2.05, 4.69) is 15.3 Å². The van der Waals surface area contributed by atoms with Crippen LogP contribution < -0.4 is 5.32 Å². The second-order valence-electron chi connectivity index (χ2n) is 3.27. The summed E-state index contributed by atoms with van der Waals surface area (Å²) < 4.78 is 4.99. The third-order valence-corrected chi connectivity index (χ3v) is 2.38. The summed E-state index contributed by atoms with van der Waals surface area (Å²) in [5.74, 6) is -1.00. The molecule has 15 heavy (non-hydrogen) atoms. The van der Waals surface area contributed by atoms with Crippen LogP contribution in [0.1, 0.15) is 13.8 Å². The van der Waals surface area contributed by atoms with E-state index in [1.165, 1.54) is 14.0 Å². The Bertz CT molecular complexity index is 265. The Morgan fingerprint density at radius 1 is 1.80 bits per heavy atom. The van der Waals surface area contributed by atoms with Crippen LogP contribution in [0.4, 0.5) is 0 Å². The van der Waals surface area contributed by atoms with E-state index >= 15 is 0 Å². The molecule has 0 amide bonds. The molecule has 0 aliphatic carbocycles. The van der Waals surface area contributed by atoms with E-state index in [0.29, 0.717) is 6.54 Å². The van der Waals surface area contributed by atoms with Crippen molar-refractivity contribution in [1.82, 2.24) is 5.32 Å². The molecule has 0 rings (SSSR count). The molecule has 2 N–H and O–H groups in total. The highest BCUT2D eigenvalue weighted by Crippen LogP contribution is 2.12. The molecule has 0 fully saturated rings. The first-order valence-corrected chi connectivity index (χ1v) is 4.51. The fraction of sp³-hybridized carbons (Fsp3) is 0.875. The summed E-state index contributed by atoms with van der Waals surface area (Å²) in [4.78, 5) is 13.6. The van der Waals surface area contributed by atoms with Crippen molar-refractivity contribution < 1.29 is 14.6 Å². The Hall–Kier alpha value is -1.30. The monoisotopic (exact) mass is 216 g/mol. The molecule has 0 aromatic carbocycles. The number of ether oxygens (including phenoxy) is 1. The van der Waals surface area contributed by atoms with Crippen LogP contribution in [0, 0.1) is 0 Å². The maximum absolute atomic E-state index is 11.0. The van der Waals surface area contributed by atoms with Gasteiger partial charge in [-0.1, -0.05) is 5.11 Å². The summed E-state index contributed by atoms with van der Waals surface area (Å²) in [5, 5.41) is 15.1. The number of nitrogens with one attached hydrogen (secondary N) is 1. The maximum Gasteiger partial charge on any atom is 0.326 e. The molecule has 86 valence electrons. The normalized spacial score (nSPS) is 16.2. The molecule has 7 nitrogen and oxygen atoms in total. The number of azide groups is 1. The summed E-state index contributed by atoms with van der Waals surface area (Å²) >= 11 is 0. The molecule has 0 radical (unpaired) electrons. The fourth-order valence-corrected chi connectivity index (χ4v) is 1.04. The predicted molar refractivity (Wildman–Crippen MR) is 54.5 cm³/mol. The van der Waals surface area contributed by atoms with E-state index in [-0.39, 0.29) is 6.54 Å². The lowest BCUT2D eigenvalue weighted by atomic mass is 9.96. The highest BCUT2D eigenvalue weighted by Gasteiger charge is 2.38. The first kappa shape index (κ1) is 13.7. The fourth-order valence-electron chi connectivity index (χ4n) is 1.04. The van der Waals surface area contributed by atoms with Crippen LogP contribution in [-0.4, -0.2) is 42.9 Å². The smallest absolute Gasteiger partial charge is 0.326 e. The van der Waals surface area contributed by atoms with Crippen LogP contribution in [0.3, 0.4) is 0 Å². The van der Waals surface area contributed by atoms with E-state index in [4.69, 9.17) is 15.4 Å². The zero-order chi connectivity index (χ0) is 11.9. The highest BCUT2D eigenvalue weighted by molar-refractivity contribution is 5.79. The molecule has 0 saturated carbocycles. The van der Waals surface area contributed by atoms with Crippen LogP contribution in [0.2, 0.25) is 0 Å². The number of rotatable bonds is 7. The number of hydrogen-bond acceptors (Lipinski definition) is 4. The van der Waals surface area contributed by atoms with Gasteiger partial charge in [-0.05, 0) is 19.4 Å². The average Bonchev–Trinajstić information content (AvgIpc) is 2.22. The molecule has 0 aliphatic heterocycles. The van der Waals surface area contributed by atoms with Gasteiger partial charge in [0.15, 0.2) is 0 Å². The lowest BCUT2D eigenvalue weighted by Gasteiger charge is -2.31. The SMILES string of the molecule is COC(C)C(C)(NCCN=[N+]=[N-])C(=O)O. The topological polar surface area (TPSA) is 107 Å². The number of nitrogens with zero attached hydrogens (tertiary/aromatic N) is 3. The number of carboxylic acids is 1. The van der Waals surface area contributed by atoms with Gasteiger partial charge in [0.25, 0.3) is 0 Å². The Morgan fingerprint density at radius 3 is 2.80 bits per heavy atom. The minimum Gasteiger partial charge on any atom is -0.480 e. The van der Waals surface area contributed by atoms with Gasteiger partial charge >= 0.3 is 5.97 Å².